The fourth-order valence-corrected chi connectivity index (χ4v) is 2.96. The largest absolute Gasteiger partial charge is 0.340 e. The first-order chi connectivity index (χ1) is 10.2. The van der Waals surface area contributed by atoms with Crippen LogP contribution in [0.5, 0.6) is 0 Å². The van der Waals surface area contributed by atoms with Gasteiger partial charge in [0.1, 0.15) is 6.04 Å². The van der Waals surface area contributed by atoms with Crippen molar-refractivity contribution in [2.24, 2.45) is 0 Å². The Morgan fingerprint density at radius 1 is 1.38 bits per heavy atom. The van der Waals surface area contributed by atoms with Gasteiger partial charge in [-0.1, -0.05) is 41.8 Å². The van der Waals surface area contributed by atoms with E-state index in [-0.39, 0.29) is 18.5 Å². The molecular weight excluding hydrogens is 280 g/mol. The van der Waals surface area contributed by atoms with Gasteiger partial charge in [-0.05, 0) is 18.4 Å². The Morgan fingerprint density at radius 2 is 2.14 bits per heavy atom. The first kappa shape index (κ1) is 15.3. The highest BCUT2D eigenvalue weighted by atomic mass is 32.1. The Labute approximate surface area is 129 Å². The Morgan fingerprint density at radius 3 is 2.76 bits per heavy atom. The van der Waals surface area contributed by atoms with Crippen LogP contribution in [0.1, 0.15) is 22.0 Å². The van der Waals surface area contributed by atoms with E-state index in [1.54, 1.807) is 11.3 Å². The Balaban J connectivity index is 2.09. The highest BCUT2D eigenvalue weighted by molar-refractivity contribution is 7.10. The van der Waals surface area contributed by atoms with Crippen molar-refractivity contribution < 1.29 is 10.1 Å². The molecule has 0 aliphatic heterocycles. The van der Waals surface area contributed by atoms with Gasteiger partial charge in [0.2, 0.25) is 0 Å². The van der Waals surface area contributed by atoms with E-state index < -0.39 is 0 Å². The molecule has 4 heteroatoms. The maximum Gasteiger partial charge on any atom is 0.275 e. The number of carbonyl (C=O) groups is 1. The molecule has 1 atom stereocenters. The van der Waals surface area contributed by atoms with Gasteiger partial charge in [0.15, 0.2) is 6.54 Å². The lowest BCUT2D eigenvalue weighted by atomic mass is 10.0. The third kappa shape index (κ3) is 4.45. The second-order valence-corrected chi connectivity index (χ2v) is 5.80. The van der Waals surface area contributed by atoms with Crippen LogP contribution in [-0.4, -0.2) is 19.0 Å². The molecular formula is C17H19N2OS+. The van der Waals surface area contributed by atoms with Crippen molar-refractivity contribution in [1.29, 1.82) is 0 Å². The molecule has 0 saturated carbocycles. The fraction of sp³-hybridized carbons (Fsp3) is 0.235. The summed E-state index contributed by atoms with van der Waals surface area (Å²) in [6, 6.07) is 12.7. The maximum atomic E-state index is 11.7. The first-order valence-corrected chi connectivity index (χ1v) is 7.72. The molecule has 3 nitrogen and oxygen atoms in total. The quantitative estimate of drug-likeness (QED) is 0.779. The molecule has 0 aliphatic carbocycles. The number of amides is 1. The van der Waals surface area contributed by atoms with Crippen LogP contribution in [0.15, 0.2) is 41.8 Å². The number of benzene rings is 1. The zero-order chi connectivity index (χ0) is 15.1. The van der Waals surface area contributed by atoms with Crippen LogP contribution in [0.3, 0.4) is 0 Å². The second-order valence-electron chi connectivity index (χ2n) is 4.82. The third-order valence-electron chi connectivity index (χ3n) is 3.21. The van der Waals surface area contributed by atoms with E-state index in [4.69, 9.17) is 6.42 Å². The van der Waals surface area contributed by atoms with Gasteiger partial charge in [-0.2, -0.15) is 0 Å². The molecule has 1 heterocycles. The number of rotatable bonds is 6. The van der Waals surface area contributed by atoms with Crippen molar-refractivity contribution in [2.75, 3.05) is 13.1 Å². The standard InChI is InChI=1S/C17H18N2OS/c1-3-10-18-16(20)12-19-17(15-5-4-11-21-15)14-8-6-13(2)7-9-14/h1,4-9,11,17,19H,10,12H2,2H3,(H,18,20)/p+1/t17-/m0/s1. The van der Waals surface area contributed by atoms with Crippen molar-refractivity contribution in [2.45, 2.75) is 13.0 Å². The lowest BCUT2D eigenvalue weighted by molar-refractivity contribution is -0.676. The molecule has 0 unspecified atom stereocenters. The monoisotopic (exact) mass is 299 g/mol. The lowest BCUT2D eigenvalue weighted by Gasteiger charge is -2.14. The minimum Gasteiger partial charge on any atom is -0.340 e. The van der Waals surface area contributed by atoms with Crippen LogP contribution in [0.4, 0.5) is 0 Å². The van der Waals surface area contributed by atoms with Gasteiger partial charge in [-0.25, -0.2) is 0 Å². The van der Waals surface area contributed by atoms with Crippen molar-refractivity contribution in [3.63, 3.8) is 0 Å². The predicted octanol–water partition coefficient (Wildman–Crippen LogP) is 1.46. The van der Waals surface area contributed by atoms with Gasteiger partial charge in [-0.15, -0.1) is 17.8 Å². The van der Waals surface area contributed by atoms with Crippen LogP contribution >= 0.6 is 11.3 Å². The minimum atomic E-state index is -0.0402. The molecule has 3 N–H and O–H groups in total. The maximum absolute atomic E-state index is 11.7. The predicted molar refractivity (Wildman–Crippen MR) is 86.0 cm³/mol. The molecule has 108 valence electrons. The van der Waals surface area contributed by atoms with Crippen LogP contribution < -0.4 is 10.6 Å². The summed E-state index contributed by atoms with van der Waals surface area (Å²) in [6.45, 7) is 2.71. The van der Waals surface area contributed by atoms with Gasteiger partial charge >= 0.3 is 0 Å². The average molecular weight is 299 g/mol. The van der Waals surface area contributed by atoms with Gasteiger partial charge < -0.3 is 10.6 Å². The zero-order valence-corrected chi connectivity index (χ0v) is 12.8. The number of carbonyl (C=O) groups excluding carboxylic acids is 1. The molecule has 0 saturated heterocycles. The average Bonchev–Trinajstić information content (AvgIpc) is 3.01. The molecule has 0 spiro atoms. The highest BCUT2D eigenvalue weighted by Crippen LogP contribution is 2.22. The van der Waals surface area contributed by atoms with Gasteiger partial charge in [0, 0.05) is 5.56 Å². The minimum absolute atomic E-state index is 0.0402. The molecule has 0 fully saturated rings. The SMILES string of the molecule is C#CCNC(=O)C[NH2+][C@@H](c1ccc(C)cc1)c1cccs1. The number of nitrogens with one attached hydrogen (secondary N) is 1. The van der Waals surface area contributed by atoms with E-state index in [9.17, 15) is 4.79 Å². The lowest BCUT2D eigenvalue weighted by Crippen LogP contribution is -2.87. The Hall–Kier alpha value is -2.09. The summed E-state index contributed by atoms with van der Waals surface area (Å²) >= 11 is 1.70. The number of quaternary nitrogens is 1. The van der Waals surface area contributed by atoms with E-state index in [1.807, 2.05) is 11.4 Å². The van der Waals surface area contributed by atoms with E-state index in [0.29, 0.717) is 6.54 Å². The van der Waals surface area contributed by atoms with Crippen LogP contribution in [0.2, 0.25) is 0 Å². The number of hydrogen-bond donors (Lipinski definition) is 2. The van der Waals surface area contributed by atoms with Crippen molar-refractivity contribution in [3.8, 4) is 12.3 Å². The summed E-state index contributed by atoms with van der Waals surface area (Å²) in [4.78, 5) is 13.0. The summed E-state index contributed by atoms with van der Waals surface area (Å²) in [5, 5.41) is 6.79. The summed E-state index contributed by atoms with van der Waals surface area (Å²) < 4.78 is 0. The molecule has 0 bridgehead atoms. The Kier molecular flexibility index (Phi) is 5.56. The van der Waals surface area contributed by atoms with Crippen LogP contribution in [0.25, 0.3) is 0 Å². The summed E-state index contributed by atoms with van der Waals surface area (Å²) in [7, 11) is 0. The molecule has 2 rings (SSSR count). The number of aryl methyl sites for hydroxylation is 1. The van der Waals surface area contributed by atoms with E-state index in [2.05, 4.69) is 53.9 Å². The summed E-state index contributed by atoms with van der Waals surface area (Å²) in [5.74, 6) is 2.37. The number of hydrogen-bond acceptors (Lipinski definition) is 2. The topological polar surface area (TPSA) is 45.7 Å². The number of terminal acetylenes is 1. The van der Waals surface area contributed by atoms with E-state index in [1.165, 1.54) is 16.0 Å². The van der Waals surface area contributed by atoms with Crippen molar-refractivity contribution >= 4 is 17.2 Å². The molecule has 0 aliphatic rings. The van der Waals surface area contributed by atoms with Crippen LogP contribution in [-0.2, 0) is 4.79 Å². The summed E-state index contributed by atoms with van der Waals surface area (Å²) in [5.41, 5.74) is 2.43. The molecule has 1 aromatic carbocycles. The second kappa shape index (κ2) is 7.63. The number of thiophene rings is 1. The zero-order valence-electron chi connectivity index (χ0n) is 12.0. The van der Waals surface area contributed by atoms with E-state index in [0.717, 1.165) is 0 Å². The van der Waals surface area contributed by atoms with Gasteiger partial charge in [0.05, 0.1) is 11.4 Å². The normalized spacial score (nSPS) is 11.6. The van der Waals surface area contributed by atoms with Gasteiger partial charge in [0.25, 0.3) is 5.91 Å². The smallest absolute Gasteiger partial charge is 0.275 e. The fourth-order valence-electron chi connectivity index (χ4n) is 2.11. The molecule has 2 aromatic rings. The van der Waals surface area contributed by atoms with Crippen molar-refractivity contribution in [1.82, 2.24) is 5.32 Å². The van der Waals surface area contributed by atoms with Gasteiger partial charge in [-0.3, -0.25) is 4.79 Å². The van der Waals surface area contributed by atoms with E-state index >= 15 is 0 Å². The third-order valence-corrected chi connectivity index (χ3v) is 4.17. The van der Waals surface area contributed by atoms with Crippen molar-refractivity contribution in [3.05, 3.63) is 57.8 Å². The first-order valence-electron chi connectivity index (χ1n) is 6.84. The van der Waals surface area contributed by atoms with Crippen LogP contribution in [0, 0.1) is 19.3 Å². The Bertz CT molecular complexity index is 611. The molecule has 21 heavy (non-hydrogen) atoms. The molecule has 1 aromatic heterocycles. The highest BCUT2D eigenvalue weighted by Gasteiger charge is 2.19. The molecule has 1 amide bonds. The summed E-state index contributed by atoms with van der Waals surface area (Å²) in [6.07, 6.45) is 5.14. The number of nitrogens with two attached hydrogens (primary N) is 1. The molecule has 0 radical (unpaired) electrons.